The normalized spacial score (nSPS) is 14.3. The molecule has 1 aliphatic rings. The minimum atomic E-state index is -0.861. The number of nitrogens with zero attached hydrogens (tertiary/aromatic N) is 2. The average molecular weight is 496 g/mol. The number of hydrogen-bond donors (Lipinski definition) is 3. The number of carbonyl (C=O) groups is 2. The summed E-state index contributed by atoms with van der Waals surface area (Å²) in [5.41, 5.74) is 10.1. The van der Waals surface area contributed by atoms with Crippen LogP contribution in [0.3, 0.4) is 0 Å². The summed E-state index contributed by atoms with van der Waals surface area (Å²) in [6.07, 6.45) is 5.25. The zero-order chi connectivity index (χ0) is 26.2. The largest absolute Gasteiger partial charge is 0.399 e. The highest BCUT2D eigenvalue weighted by molar-refractivity contribution is 6.03. The van der Waals surface area contributed by atoms with E-state index in [9.17, 15) is 9.59 Å². The van der Waals surface area contributed by atoms with Crippen molar-refractivity contribution in [3.63, 3.8) is 0 Å². The predicted octanol–water partition coefficient (Wildman–Crippen LogP) is 5.08. The second-order valence-electron chi connectivity index (χ2n) is 9.50. The molecule has 1 saturated carbocycles. The van der Waals surface area contributed by atoms with Crippen LogP contribution in [0, 0.1) is 18.3 Å². The summed E-state index contributed by atoms with van der Waals surface area (Å²) >= 11 is 0. The molecule has 0 aliphatic heterocycles. The third-order valence-corrected chi connectivity index (χ3v) is 6.82. The number of hydrogen-bond acceptors (Lipinski definition) is 5. The molecule has 1 fully saturated rings. The number of nitrogens with two attached hydrogens (primary N) is 1. The van der Waals surface area contributed by atoms with Gasteiger partial charge in [0.1, 0.15) is 6.04 Å². The molecule has 4 rings (SSSR count). The Kier molecular flexibility index (Phi) is 8.42. The zero-order valence-corrected chi connectivity index (χ0v) is 21.1. The first-order valence-electron chi connectivity index (χ1n) is 12.7. The Bertz CT molecular complexity index is 1280. The standard InChI is InChI=1S/C30H33N5O2/c1-21-8-5-6-13-27(21)29(30(37)34-25-10-3-2-4-11-25)35(26-12-7-9-23(32)18-26)28(36)20-33-24-16-14-22(19-31)15-17-24/h5-9,12-18,25,29,33H,2-4,10-11,20,32H2,1H3,(H,34,37). The second-order valence-corrected chi connectivity index (χ2v) is 9.50. The van der Waals surface area contributed by atoms with Crippen LogP contribution in [0.4, 0.5) is 17.1 Å². The molecule has 190 valence electrons. The number of nitrogen functional groups attached to an aromatic ring is 1. The molecular weight excluding hydrogens is 462 g/mol. The first-order valence-corrected chi connectivity index (χ1v) is 12.7. The van der Waals surface area contributed by atoms with E-state index in [2.05, 4.69) is 16.7 Å². The fourth-order valence-electron chi connectivity index (χ4n) is 4.86. The third kappa shape index (κ3) is 6.47. The van der Waals surface area contributed by atoms with Gasteiger partial charge in [0.25, 0.3) is 0 Å². The van der Waals surface area contributed by atoms with Crippen LogP contribution in [0.2, 0.25) is 0 Å². The lowest BCUT2D eigenvalue weighted by molar-refractivity contribution is -0.126. The molecule has 0 radical (unpaired) electrons. The van der Waals surface area contributed by atoms with Crippen molar-refractivity contribution in [1.82, 2.24) is 5.32 Å². The number of carbonyl (C=O) groups excluding carboxylic acids is 2. The lowest BCUT2D eigenvalue weighted by Gasteiger charge is -2.34. The van der Waals surface area contributed by atoms with E-state index in [0.717, 1.165) is 36.8 Å². The van der Waals surface area contributed by atoms with Crippen LogP contribution in [0.15, 0.2) is 72.8 Å². The van der Waals surface area contributed by atoms with Crippen LogP contribution >= 0.6 is 0 Å². The van der Waals surface area contributed by atoms with Crippen LogP contribution in [0.5, 0.6) is 0 Å². The van der Waals surface area contributed by atoms with Crippen molar-refractivity contribution >= 4 is 28.9 Å². The van der Waals surface area contributed by atoms with Gasteiger partial charge in [-0.25, -0.2) is 0 Å². The summed E-state index contributed by atoms with van der Waals surface area (Å²) in [6, 6.07) is 23.0. The molecule has 1 atom stereocenters. The fourth-order valence-corrected chi connectivity index (χ4v) is 4.86. The van der Waals surface area contributed by atoms with Gasteiger partial charge in [-0.2, -0.15) is 5.26 Å². The minimum Gasteiger partial charge on any atom is -0.399 e. The molecule has 3 aromatic rings. The number of nitrogens with one attached hydrogen (secondary N) is 2. The summed E-state index contributed by atoms with van der Waals surface area (Å²) < 4.78 is 0. The number of rotatable bonds is 8. The van der Waals surface area contributed by atoms with E-state index >= 15 is 0 Å². The topological polar surface area (TPSA) is 111 Å². The van der Waals surface area contributed by atoms with Crippen molar-refractivity contribution in [2.45, 2.75) is 51.1 Å². The summed E-state index contributed by atoms with van der Waals surface area (Å²) in [5.74, 6) is -0.475. The van der Waals surface area contributed by atoms with Crippen LogP contribution in [0.1, 0.15) is 54.8 Å². The maximum atomic E-state index is 13.9. The molecule has 3 aromatic carbocycles. The molecule has 0 saturated heterocycles. The number of amides is 2. The van der Waals surface area contributed by atoms with Gasteiger partial charge in [-0.15, -0.1) is 0 Å². The van der Waals surface area contributed by atoms with Crippen LogP contribution in [-0.4, -0.2) is 24.4 Å². The van der Waals surface area contributed by atoms with Gasteiger partial charge in [-0.05, 0) is 73.4 Å². The van der Waals surface area contributed by atoms with Gasteiger partial charge in [-0.3, -0.25) is 14.5 Å². The molecule has 4 N–H and O–H groups in total. The molecule has 0 bridgehead atoms. The van der Waals surface area contributed by atoms with Crippen LogP contribution < -0.4 is 21.3 Å². The van der Waals surface area contributed by atoms with E-state index in [1.165, 1.54) is 6.42 Å². The molecule has 0 heterocycles. The maximum Gasteiger partial charge on any atom is 0.248 e. The van der Waals surface area contributed by atoms with Gasteiger partial charge in [0.05, 0.1) is 18.2 Å². The number of aryl methyl sites for hydroxylation is 1. The summed E-state index contributed by atoms with van der Waals surface area (Å²) in [7, 11) is 0. The SMILES string of the molecule is Cc1ccccc1C(C(=O)NC1CCCCC1)N(C(=O)CNc1ccc(C#N)cc1)c1cccc(N)c1. The average Bonchev–Trinajstić information content (AvgIpc) is 2.91. The van der Waals surface area contributed by atoms with Crippen molar-refractivity contribution in [2.24, 2.45) is 0 Å². The molecule has 0 spiro atoms. The predicted molar refractivity (Wildman–Crippen MR) is 147 cm³/mol. The van der Waals surface area contributed by atoms with Crippen molar-refractivity contribution in [2.75, 3.05) is 22.5 Å². The van der Waals surface area contributed by atoms with Crippen molar-refractivity contribution < 1.29 is 9.59 Å². The lowest BCUT2D eigenvalue weighted by atomic mass is 9.93. The highest BCUT2D eigenvalue weighted by Gasteiger charge is 2.34. The molecule has 2 amide bonds. The highest BCUT2D eigenvalue weighted by atomic mass is 16.2. The van der Waals surface area contributed by atoms with Gasteiger partial charge >= 0.3 is 0 Å². The molecule has 1 unspecified atom stereocenters. The smallest absolute Gasteiger partial charge is 0.248 e. The van der Waals surface area contributed by atoms with Gasteiger partial charge in [0.2, 0.25) is 11.8 Å². The third-order valence-electron chi connectivity index (χ3n) is 6.82. The van der Waals surface area contributed by atoms with E-state index < -0.39 is 6.04 Å². The van der Waals surface area contributed by atoms with Crippen LogP contribution in [0.25, 0.3) is 0 Å². The Hall–Kier alpha value is -4.31. The molecule has 1 aliphatic carbocycles. The van der Waals surface area contributed by atoms with Crippen LogP contribution in [-0.2, 0) is 9.59 Å². The maximum absolute atomic E-state index is 13.9. The van der Waals surface area contributed by atoms with E-state index in [0.29, 0.717) is 22.6 Å². The van der Waals surface area contributed by atoms with Crippen molar-refractivity contribution in [1.29, 1.82) is 5.26 Å². The summed E-state index contributed by atoms with van der Waals surface area (Å²) in [6.45, 7) is 1.91. The Labute approximate surface area is 218 Å². The number of benzene rings is 3. The first-order chi connectivity index (χ1) is 18.0. The molecule has 37 heavy (non-hydrogen) atoms. The summed E-state index contributed by atoms with van der Waals surface area (Å²) in [4.78, 5) is 29.3. The number of anilines is 3. The molecule has 0 aromatic heterocycles. The first kappa shape index (κ1) is 25.8. The zero-order valence-electron chi connectivity index (χ0n) is 21.1. The molecular formula is C30H33N5O2. The molecule has 7 nitrogen and oxygen atoms in total. The quantitative estimate of drug-likeness (QED) is 0.377. The summed E-state index contributed by atoms with van der Waals surface area (Å²) in [5, 5.41) is 15.4. The Morgan fingerprint density at radius 3 is 2.43 bits per heavy atom. The molecule has 7 heteroatoms. The Morgan fingerprint density at radius 1 is 1.03 bits per heavy atom. The van der Waals surface area contributed by atoms with E-state index in [-0.39, 0.29) is 24.4 Å². The monoisotopic (exact) mass is 495 g/mol. The highest BCUT2D eigenvalue weighted by Crippen LogP contribution is 2.32. The minimum absolute atomic E-state index is 0.0419. The van der Waals surface area contributed by atoms with Gasteiger partial charge in [0, 0.05) is 23.1 Å². The Morgan fingerprint density at radius 2 is 1.76 bits per heavy atom. The van der Waals surface area contributed by atoms with E-state index in [4.69, 9.17) is 11.0 Å². The van der Waals surface area contributed by atoms with Gasteiger partial charge in [-0.1, -0.05) is 49.6 Å². The van der Waals surface area contributed by atoms with Gasteiger partial charge in [0.15, 0.2) is 0 Å². The fraction of sp³-hybridized carbons (Fsp3) is 0.300. The van der Waals surface area contributed by atoms with Crippen molar-refractivity contribution in [3.8, 4) is 6.07 Å². The second kappa shape index (κ2) is 12.1. The van der Waals surface area contributed by atoms with E-state index in [1.54, 1.807) is 53.4 Å². The van der Waals surface area contributed by atoms with E-state index in [1.807, 2.05) is 31.2 Å². The lowest BCUT2D eigenvalue weighted by Crippen LogP contribution is -2.48. The Balaban J connectivity index is 1.69. The van der Waals surface area contributed by atoms with Crippen molar-refractivity contribution in [3.05, 3.63) is 89.5 Å². The number of nitriles is 1. The van der Waals surface area contributed by atoms with Gasteiger partial charge < -0.3 is 16.4 Å².